The van der Waals surface area contributed by atoms with Crippen LogP contribution in [0.4, 0.5) is 0 Å². The summed E-state index contributed by atoms with van der Waals surface area (Å²) in [4.78, 5) is 12.3. The number of aryl methyl sites for hydroxylation is 1. The van der Waals surface area contributed by atoms with Crippen LogP contribution in [0.3, 0.4) is 0 Å². The summed E-state index contributed by atoms with van der Waals surface area (Å²) in [7, 11) is 0. The Kier molecular flexibility index (Phi) is 5.41. The standard InChI is InChI=1S/C18H23NO2/c1-13-6-7-15(5-3-4-10-20)11-17(13)18(21)19-12-14(2)16-8-9-16/h6-7,11,14,16,20H,4,8-10,12H2,1-2H3,(H,19,21). The number of carbonyl (C=O) groups is 1. The monoisotopic (exact) mass is 285 g/mol. The lowest BCUT2D eigenvalue weighted by Gasteiger charge is -2.12. The summed E-state index contributed by atoms with van der Waals surface area (Å²) in [6, 6.07) is 5.66. The van der Waals surface area contributed by atoms with Crippen molar-refractivity contribution in [3.05, 3.63) is 34.9 Å². The molecule has 1 amide bonds. The number of nitrogens with one attached hydrogen (secondary N) is 1. The Bertz CT molecular complexity index is 564. The van der Waals surface area contributed by atoms with E-state index in [-0.39, 0.29) is 12.5 Å². The van der Waals surface area contributed by atoms with Gasteiger partial charge in [0.05, 0.1) is 6.61 Å². The molecule has 0 heterocycles. The number of carbonyl (C=O) groups excluding carboxylic acids is 1. The first-order chi connectivity index (χ1) is 10.1. The summed E-state index contributed by atoms with van der Waals surface area (Å²) in [5.74, 6) is 7.18. The first-order valence-corrected chi connectivity index (χ1v) is 7.60. The van der Waals surface area contributed by atoms with Gasteiger partial charge in [-0.15, -0.1) is 0 Å². The number of rotatable bonds is 5. The van der Waals surface area contributed by atoms with Crippen molar-refractivity contribution in [2.45, 2.75) is 33.1 Å². The van der Waals surface area contributed by atoms with E-state index in [1.54, 1.807) is 0 Å². The number of amides is 1. The van der Waals surface area contributed by atoms with Crippen LogP contribution < -0.4 is 5.32 Å². The first-order valence-electron chi connectivity index (χ1n) is 7.60. The molecule has 1 aromatic rings. The van der Waals surface area contributed by atoms with E-state index in [1.165, 1.54) is 12.8 Å². The van der Waals surface area contributed by atoms with Crippen molar-refractivity contribution >= 4 is 5.91 Å². The zero-order valence-electron chi connectivity index (χ0n) is 12.8. The van der Waals surface area contributed by atoms with Crippen LogP contribution in [0.5, 0.6) is 0 Å². The summed E-state index contributed by atoms with van der Waals surface area (Å²) < 4.78 is 0. The van der Waals surface area contributed by atoms with Crippen LogP contribution in [-0.2, 0) is 0 Å². The van der Waals surface area contributed by atoms with E-state index in [1.807, 2.05) is 25.1 Å². The van der Waals surface area contributed by atoms with Crippen LogP contribution in [0, 0.1) is 30.6 Å². The molecule has 3 nitrogen and oxygen atoms in total. The molecule has 1 aliphatic carbocycles. The van der Waals surface area contributed by atoms with Crippen molar-refractivity contribution in [1.82, 2.24) is 5.32 Å². The van der Waals surface area contributed by atoms with Gasteiger partial charge in [-0.3, -0.25) is 4.79 Å². The van der Waals surface area contributed by atoms with Crippen LogP contribution in [0.25, 0.3) is 0 Å². The molecule has 112 valence electrons. The molecule has 1 aliphatic rings. The molecule has 2 rings (SSSR count). The van der Waals surface area contributed by atoms with Crippen LogP contribution in [0.2, 0.25) is 0 Å². The van der Waals surface area contributed by atoms with Gasteiger partial charge in [-0.05, 0) is 49.3 Å². The molecule has 0 radical (unpaired) electrons. The van der Waals surface area contributed by atoms with Crippen molar-refractivity contribution in [1.29, 1.82) is 0 Å². The maximum absolute atomic E-state index is 12.3. The molecule has 3 heteroatoms. The van der Waals surface area contributed by atoms with Gasteiger partial charge in [-0.25, -0.2) is 0 Å². The highest BCUT2D eigenvalue weighted by atomic mass is 16.2. The number of aliphatic hydroxyl groups is 1. The van der Waals surface area contributed by atoms with Crippen LogP contribution >= 0.6 is 0 Å². The molecule has 1 saturated carbocycles. The van der Waals surface area contributed by atoms with Gasteiger partial charge in [0.1, 0.15) is 0 Å². The van der Waals surface area contributed by atoms with E-state index in [0.29, 0.717) is 17.9 Å². The quantitative estimate of drug-likeness (QED) is 0.817. The normalized spacial score (nSPS) is 15.0. The molecule has 0 saturated heterocycles. The largest absolute Gasteiger partial charge is 0.395 e. The van der Waals surface area contributed by atoms with Crippen molar-refractivity contribution < 1.29 is 9.90 Å². The fourth-order valence-corrected chi connectivity index (χ4v) is 2.35. The van der Waals surface area contributed by atoms with Gasteiger partial charge in [0.15, 0.2) is 0 Å². The summed E-state index contributed by atoms with van der Waals surface area (Å²) in [6.45, 7) is 4.93. The zero-order chi connectivity index (χ0) is 15.2. The molecule has 0 spiro atoms. The van der Waals surface area contributed by atoms with Gasteiger partial charge in [0.2, 0.25) is 0 Å². The number of hydrogen-bond acceptors (Lipinski definition) is 2. The van der Waals surface area contributed by atoms with Gasteiger partial charge in [0.25, 0.3) is 5.91 Å². The maximum Gasteiger partial charge on any atom is 0.251 e. The molecule has 1 atom stereocenters. The molecule has 1 unspecified atom stereocenters. The second-order valence-corrected chi connectivity index (χ2v) is 5.83. The fraction of sp³-hybridized carbons (Fsp3) is 0.500. The summed E-state index contributed by atoms with van der Waals surface area (Å²) >= 11 is 0. The molecule has 1 fully saturated rings. The number of hydrogen-bond donors (Lipinski definition) is 2. The third-order valence-electron chi connectivity index (χ3n) is 3.96. The molecular weight excluding hydrogens is 262 g/mol. The van der Waals surface area contributed by atoms with Gasteiger partial charge >= 0.3 is 0 Å². The average molecular weight is 285 g/mol. The molecule has 21 heavy (non-hydrogen) atoms. The second-order valence-electron chi connectivity index (χ2n) is 5.83. The van der Waals surface area contributed by atoms with Gasteiger partial charge in [-0.2, -0.15) is 0 Å². The van der Waals surface area contributed by atoms with Gasteiger partial charge < -0.3 is 10.4 Å². The third kappa shape index (κ3) is 4.61. The van der Waals surface area contributed by atoms with E-state index in [0.717, 1.165) is 23.6 Å². The highest BCUT2D eigenvalue weighted by Gasteiger charge is 2.28. The van der Waals surface area contributed by atoms with E-state index < -0.39 is 0 Å². The molecular formula is C18H23NO2. The predicted octanol–water partition coefficient (Wildman–Crippen LogP) is 2.50. The smallest absolute Gasteiger partial charge is 0.251 e. The first kappa shape index (κ1) is 15.6. The van der Waals surface area contributed by atoms with Crippen molar-refractivity contribution in [2.24, 2.45) is 11.8 Å². The SMILES string of the molecule is Cc1ccc(C#CCCO)cc1C(=O)NCC(C)C1CC1. The summed E-state index contributed by atoms with van der Waals surface area (Å²) in [6.07, 6.45) is 3.05. The minimum absolute atomic E-state index is 0.0224. The predicted molar refractivity (Wildman–Crippen MR) is 84.0 cm³/mol. The van der Waals surface area contributed by atoms with Gasteiger partial charge in [0, 0.05) is 24.1 Å². The fourth-order valence-electron chi connectivity index (χ4n) is 2.35. The Morgan fingerprint density at radius 1 is 1.48 bits per heavy atom. The molecule has 0 aliphatic heterocycles. The van der Waals surface area contributed by atoms with Crippen molar-refractivity contribution in [2.75, 3.05) is 13.2 Å². The Balaban J connectivity index is 2.01. The molecule has 0 bridgehead atoms. The van der Waals surface area contributed by atoms with E-state index in [4.69, 9.17) is 5.11 Å². The Morgan fingerprint density at radius 3 is 2.90 bits per heavy atom. The van der Waals surface area contributed by atoms with E-state index in [2.05, 4.69) is 24.1 Å². The van der Waals surface area contributed by atoms with Crippen molar-refractivity contribution in [3.8, 4) is 11.8 Å². The van der Waals surface area contributed by atoms with Crippen LogP contribution in [0.15, 0.2) is 18.2 Å². The van der Waals surface area contributed by atoms with Crippen LogP contribution in [0.1, 0.15) is 47.7 Å². The lowest BCUT2D eigenvalue weighted by Crippen LogP contribution is -2.29. The Labute approximate surface area is 126 Å². The number of aliphatic hydroxyl groups excluding tert-OH is 1. The lowest BCUT2D eigenvalue weighted by atomic mass is 10.0. The van der Waals surface area contributed by atoms with Crippen LogP contribution in [-0.4, -0.2) is 24.2 Å². The average Bonchev–Trinajstić information content (AvgIpc) is 3.31. The topological polar surface area (TPSA) is 49.3 Å². The molecule has 2 N–H and O–H groups in total. The highest BCUT2D eigenvalue weighted by molar-refractivity contribution is 5.96. The van der Waals surface area contributed by atoms with E-state index in [9.17, 15) is 4.79 Å². The minimum atomic E-state index is -0.0224. The summed E-state index contributed by atoms with van der Waals surface area (Å²) in [5.41, 5.74) is 2.46. The number of benzene rings is 1. The molecule has 0 aromatic heterocycles. The van der Waals surface area contributed by atoms with Gasteiger partial charge in [-0.1, -0.05) is 24.8 Å². The minimum Gasteiger partial charge on any atom is -0.395 e. The Hall–Kier alpha value is -1.79. The summed E-state index contributed by atoms with van der Waals surface area (Å²) in [5, 5.41) is 11.8. The third-order valence-corrected chi connectivity index (χ3v) is 3.96. The Morgan fingerprint density at radius 2 is 2.24 bits per heavy atom. The second kappa shape index (κ2) is 7.28. The van der Waals surface area contributed by atoms with E-state index >= 15 is 0 Å². The lowest BCUT2D eigenvalue weighted by molar-refractivity contribution is 0.0946. The van der Waals surface area contributed by atoms with Crippen molar-refractivity contribution in [3.63, 3.8) is 0 Å². The maximum atomic E-state index is 12.3. The zero-order valence-corrected chi connectivity index (χ0v) is 12.8. The highest BCUT2D eigenvalue weighted by Crippen LogP contribution is 2.36. The molecule has 1 aromatic carbocycles.